The lowest BCUT2D eigenvalue weighted by atomic mass is 10.2. The van der Waals surface area contributed by atoms with Crippen LogP contribution in [0.1, 0.15) is 32.3 Å². The van der Waals surface area contributed by atoms with Crippen molar-refractivity contribution in [2.75, 3.05) is 7.05 Å². The summed E-state index contributed by atoms with van der Waals surface area (Å²) in [5.41, 5.74) is 0.626. The van der Waals surface area contributed by atoms with E-state index in [9.17, 15) is 8.42 Å². The summed E-state index contributed by atoms with van der Waals surface area (Å²) in [6.45, 7) is 3.93. The van der Waals surface area contributed by atoms with E-state index in [4.69, 9.17) is 23.2 Å². The number of rotatable bonds is 6. The van der Waals surface area contributed by atoms with Crippen molar-refractivity contribution in [1.82, 2.24) is 4.31 Å². The van der Waals surface area contributed by atoms with Gasteiger partial charge in [0.15, 0.2) is 0 Å². The molecule has 0 spiro atoms. The number of hydrogen-bond acceptors (Lipinski definition) is 2. The van der Waals surface area contributed by atoms with Gasteiger partial charge in [0.25, 0.3) is 0 Å². The molecule has 1 aromatic carbocycles. The average molecular weight is 324 g/mol. The van der Waals surface area contributed by atoms with Gasteiger partial charge < -0.3 is 0 Å². The Labute approximate surface area is 125 Å². The van der Waals surface area contributed by atoms with Gasteiger partial charge in [0.1, 0.15) is 0 Å². The second-order valence-electron chi connectivity index (χ2n) is 4.55. The average Bonchev–Trinajstić information content (AvgIpc) is 2.38. The van der Waals surface area contributed by atoms with Crippen LogP contribution >= 0.6 is 23.2 Å². The normalized spacial score (nSPS) is 13.8. The summed E-state index contributed by atoms with van der Waals surface area (Å²) >= 11 is 11.7. The molecule has 108 valence electrons. The van der Waals surface area contributed by atoms with Crippen molar-refractivity contribution in [1.29, 1.82) is 0 Å². The minimum Gasteiger partial charge on any atom is -0.207 e. The van der Waals surface area contributed by atoms with E-state index < -0.39 is 10.0 Å². The quantitative estimate of drug-likeness (QED) is 0.745. The van der Waals surface area contributed by atoms with Crippen LogP contribution in [0.25, 0.3) is 0 Å². The van der Waals surface area contributed by atoms with Gasteiger partial charge in [-0.3, -0.25) is 0 Å². The number of hydrogen-bond donors (Lipinski definition) is 0. The van der Waals surface area contributed by atoms with Crippen molar-refractivity contribution in [3.05, 3.63) is 28.8 Å². The third-order valence-corrected chi connectivity index (χ3v) is 5.79. The molecule has 0 saturated heterocycles. The number of sulfonamides is 1. The predicted molar refractivity (Wildman–Crippen MR) is 80.3 cm³/mol. The second-order valence-corrected chi connectivity index (χ2v) is 7.22. The molecule has 0 aromatic heterocycles. The lowest BCUT2D eigenvalue weighted by Gasteiger charge is -2.24. The minimum atomic E-state index is -3.49. The number of alkyl halides is 1. The van der Waals surface area contributed by atoms with Gasteiger partial charge >= 0.3 is 0 Å². The molecule has 0 heterocycles. The first-order valence-corrected chi connectivity index (χ1v) is 8.52. The molecule has 0 fully saturated rings. The standard InChI is InChI=1S/C13H19Cl2NO2S/c1-4-5-10(2)16(3)19(17,18)12-6-7-13(15)11(8-12)9-14/h6-8,10H,4-5,9H2,1-3H3. The summed E-state index contributed by atoms with van der Waals surface area (Å²) in [6, 6.07) is 4.60. The topological polar surface area (TPSA) is 37.4 Å². The first-order valence-electron chi connectivity index (χ1n) is 6.17. The fourth-order valence-corrected chi connectivity index (χ4v) is 3.73. The SMILES string of the molecule is CCCC(C)N(C)S(=O)(=O)c1ccc(Cl)c(CCl)c1. The van der Waals surface area contributed by atoms with Crippen LogP contribution in [0.3, 0.4) is 0 Å². The first kappa shape index (κ1) is 16.8. The molecule has 0 aliphatic heterocycles. The molecule has 19 heavy (non-hydrogen) atoms. The maximum absolute atomic E-state index is 12.5. The summed E-state index contributed by atoms with van der Waals surface area (Å²) in [4.78, 5) is 0.234. The summed E-state index contributed by atoms with van der Waals surface area (Å²) in [5.74, 6) is 0.191. The molecular weight excluding hydrogens is 305 g/mol. The zero-order valence-electron chi connectivity index (χ0n) is 11.4. The van der Waals surface area contributed by atoms with Crippen LogP contribution in [0.15, 0.2) is 23.1 Å². The highest BCUT2D eigenvalue weighted by molar-refractivity contribution is 7.89. The smallest absolute Gasteiger partial charge is 0.207 e. The summed E-state index contributed by atoms with van der Waals surface area (Å²) in [7, 11) is -1.89. The highest BCUT2D eigenvalue weighted by Crippen LogP contribution is 2.25. The Morgan fingerprint density at radius 1 is 1.37 bits per heavy atom. The van der Waals surface area contributed by atoms with Crippen LogP contribution in [-0.2, 0) is 15.9 Å². The van der Waals surface area contributed by atoms with E-state index >= 15 is 0 Å². The van der Waals surface area contributed by atoms with Gasteiger partial charge in [0, 0.05) is 24.0 Å². The van der Waals surface area contributed by atoms with E-state index in [0.29, 0.717) is 10.6 Å². The number of halogens is 2. The van der Waals surface area contributed by atoms with Gasteiger partial charge in [0.05, 0.1) is 4.90 Å². The zero-order chi connectivity index (χ0) is 14.6. The zero-order valence-corrected chi connectivity index (χ0v) is 13.7. The molecule has 1 rings (SSSR count). The van der Waals surface area contributed by atoms with E-state index in [0.717, 1.165) is 12.8 Å². The predicted octanol–water partition coefficient (Wildman–Crippen LogP) is 3.89. The second kappa shape index (κ2) is 6.93. The van der Waals surface area contributed by atoms with E-state index in [1.165, 1.54) is 10.4 Å². The number of benzene rings is 1. The molecular formula is C13H19Cl2NO2S. The molecule has 0 aliphatic carbocycles. The van der Waals surface area contributed by atoms with Crippen LogP contribution in [0.4, 0.5) is 0 Å². The lowest BCUT2D eigenvalue weighted by Crippen LogP contribution is -2.35. The monoisotopic (exact) mass is 323 g/mol. The highest BCUT2D eigenvalue weighted by Gasteiger charge is 2.25. The van der Waals surface area contributed by atoms with Gasteiger partial charge in [0.2, 0.25) is 10.0 Å². The molecule has 1 aromatic rings. The molecule has 0 N–H and O–H groups in total. The molecule has 0 amide bonds. The summed E-state index contributed by atoms with van der Waals surface area (Å²) < 4.78 is 26.3. The van der Waals surface area contributed by atoms with E-state index in [-0.39, 0.29) is 16.8 Å². The molecule has 0 aliphatic rings. The van der Waals surface area contributed by atoms with Crippen LogP contribution in [0, 0.1) is 0 Å². The third kappa shape index (κ3) is 3.85. The molecule has 1 atom stereocenters. The maximum atomic E-state index is 12.5. The van der Waals surface area contributed by atoms with Gasteiger partial charge in [-0.1, -0.05) is 24.9 Å². The summed E-state index contributed by atoms with van der Waals surface area (Å²) in [6.07, 6.45) is 1.76. The molecule has 0 bridgehead atoms. The molecule has 6 heteroatoms. The Morgan fingerprint density at radius 2 is 2.00 bits per heavy atom. The van der Waals surface area contributed by atoms with Crippen LogP contribution in [0.5, 0.6) is 0 Å². The van der Waals surface area contributed by atoms with Crippen molar-refractivity contribution in [2.45, 2.75) is 43.5 Å². The van der Waals surface area contributed by atoms with Crippen molar-refractivity contribution >= 4 is 33.2 Å². The van der Waals surface area contributed by atoms with Crippen molar-refractivity contribution < 1.29 is 8.42 Å². The molecule has 1 unspecified atom stereocenters. The van der Waals surface area contributed by atoms with Crippen LogP contribution in [-0.4, -0.2) is 25.8 Å². The Balaban J connectivity index is 3.13. The Morgan fingerprint density at radius 3 is 2.53 bits per heavy atom. The van der Waals surface area contributed by atoms with Crippen LogP contribution < -0.4 is 0 Å². The third-order valence-electron chi connectivity index (χ3n) is 3.17. The summed E-state index contributed by atoms with van der Waals surface area (Å²) in [5, 5.41) is 0.484. The minimum absolute atomic E-state index is 0.0369. The molecule has 0 radical (unpaired) electrons. The van der Waals surface area contributed by atoms with Gasteiger partial charge in [-0.15, -0.1) is 11.6 Å². The fraction of sp³-hybridized carbons (Fsp3) is 0.538. The number of nitrogens with zero attached hydrogens (tertiary/aromatic N) is 1. The molecule has 0 saturated carbocycles. The van der Waals surface area contributed by atoms with Gasteiger partial charge in [-0.25, -0.2) is 8.42 Å². The fourth-order valence-electron chi connectivity index (χ4n) is 1.82. The van der Waals surface area contributed by atoms with Crippen molar-refractivity contribution in [2.24, 2.45) is 0 Å². The first-order chi connectivity index (χ1) is 8.84. The van der Waals surface area contributed by atoms with Crippen molar-refractivity contribution in [3.63, 3.8) is 0 Å². The Bertz CT molecular complexity index is 531. The highest BCUT2D eigenvalue weighted by atomic mass is 35.5. The van der Waals surface area contributed by atoms with Crippen molar-refractivity contribution in [3.8, 4) is 0 Å². The van der Waals surface area contributed by atoms with E-state index in [2.05, 4.69) is 0 Å². The Kier molecular flexibility index (Phi) is 6.12. The van der Waals surface area contributed by atoms with E-state index in [1.54, 1.807) is 19.2 Å². The van der Waals surface area contributed by atoms with E-state index in [1.807, 2.05) is 13.8 Å². The largest absolute Gasteiger partial charge is 0.243 e. The Hall–Kier alpha value is -0.290. The molecule has 3 nitrogen and oxygen atoms in total. The lowest BCUT2D eigenvalue weighted by molar-refractivity contribution is 0.368. The van der Waals surface area contributed by atoms with Gasteiger partial charge in [-0.05, 0) is 37.1 Å². The van der Waals surface area contributed by atoms with Crippen LogP contribution in [0.2, 0.25) is 5.02 Å². The maximum Gasteiger partial charge on any atom is 0.243 e. The van der Waals surface area contributed by atoms with Gasteiger partial charge in [-0.2, -0.15) is 4.31 Å².